The Bertz CT molecular complexity index is 1420. The number of carbonyl (C=O) groups excluding carboxylic acids is 1. The molecule has 6 nitrogen and oxygen atoms in total. The number of urea groups is 1. The number of anilines is 1. The Morgan fingerprint density at radius 2 is 2.02 bits per heavy atom. The van der Waals surface area contributed by atoms with E-state index in [0.29, 0.717) is 42.5 Å². The normalized spacial score (nSPS) is 31.0. The summed E-state index contributed by atoms with van der Waals surface area (Å²) >= 11 is 0. The summed E-state index contributed by atoms with van der Waals surface area (Å²) in [6.45, 7) is 6.24. The lowest BCUT2D eigenvalue weighted by Gasteiger charge is -2.39. The fourth-order valence-electron chi connectivity index (χ4n) is 8.25. The van der Waals surface area contributed by atoms with Crippen LogP contribution in [0.5, 0.6) is 0 Å². The fourth-order valence-corrected chi connectivity index (χ4v) is 8.25. The lowest BCUT2D eigenvalue weighted by molar-refractivity contribution is -0.139. The van der Waals surface area contributed by atoms with Crippen molar-refractivity contribution in [3.8, 4) is 6.07 Å². The van der Waals surface area contributed by atoms with E-state index in [9.17, 15) is 32.7 Å². The highest BCUT2D eigenvalue weighted by Gasteiger charge is 2.66. The number of carbonyl (C=O) groups is 1. The van der Waals surface area contributed by atoms with Crippen molar-refractivity contribution in [2.75, 3.05) is 31.6 Å². The molecule has 3 aliphatic carbocycles. The van der Waals surface area contributed by atoms with Gasteiger partial charge in [0.15, 0.2) is 0 Å². The van der Waals surface area contributed by atoms with E-state index in [1.807, 2.05) is 12.1 Å². The lowest BCUT2D eigenvalue weighted by atomic mass is 9.80. The van der Waals surface area contributed by atoms with Gasteiger partial charge in [0.25, 0.3) is 0 Å². The molecule has 1 aliphatic heterocycles. The van der Waals surface area contributed by atoms with Gasteiger partial charge in [-0.2, -0.15) is 18.4 Å². The van der Waals surface area contributed by atoms with Crippen LogP contribution in [0.15, 0.2) is 42.5 Å². The summed E-state index contributed by atoms with van der Waals surface area (Å²) in [6.07, 6.45) is -1.59. The molecule has 0 radical (unpaired) electrons. The highest BCUT2D eigenvalue weighted by molar-refractivity contribution is 5.89. The van der Waals surface area contributed by atoms with Crippen LogP contribution in [0.4, 0.5) is 28.0 Å². The van der Waals surface area contributed by atoms with Crippen molar-refractivity contribution < 1.29 is 27.5 Å². The van der Waals surface area contributed by atoms with E-state index in [1.54, 1.807) is 11.0 Å². The number of hydrogen-bond donors (Lipinski definition) is 2. The van der Waals surface area contributed by atoms with Crippen LogP contribution in [0, 0.1) is 40.3 Å². The number of nitrogens with one attached hydrogen (secondary N) is 1. The maximum Gasteiger partial charge on any atom is 0.419 e. The third kappa shape index (κ3) is 4.94. The van der Waals surface area contributed by atoms with Crippen LogP contribution in [0.25, 0.3) is 0 Å². The van der Waals surface area contributed by atoms with E-state index >= 15 is 0 Å². The third-order valence-electron chi connectivity index (χ3n) is 10.8. The molecule has 10 heteroatoms. The second-order valence-corrected chi connectivity index (χ2v) is 13.2. The highest BCUT2D eigenvalue weighted by Crippen LogP contribution is 2.65. The number of rotatable bonds is 7. The first kappa shape index (κ1) is 28.9. The molecule has 42 heavy (non-hydrogen) atoms. The van der Waals surface area contributed by atoms with Gasteiger partial charge in [-0.25, -0.2) is 9.18 Å². The van der Waals surface area contributed by atoms with Crippen LogP contribution in [0.3, 0.4) is 0 Å². The number of aliphatic hydroxyl groups is 1. The van der Waals surface area contributed by atoms with Crippen LogP contribution >= 0.6 is 0 Å². The van der Waals surface area contributed by atoms with E-state index in [4.69, 9.17) is 0 Å². The summed E-state index contributed by atoms with van der Waals surface area (Å²) < 4.78 is 53.9. The number of piperidine rings is 1. The number of amides is 2. The van der Waals surface area contributed by atoms with Gasteiger partial charge in [-0.3, -0.25) is 4.90 Å². The van der Waals surface area contributed by atoms with Gasteiger partial charge in [-0.15, -0.1) is 0 Å². The smallest absolute Gasteiger partial charge is 0.395 e. The summed E-state index contributed by atoms with van der Waals surface area (Å²) in [5, 5.41) is 22.1. The molecule has 2 amide bonds. The Morgan fingerprint density at radius 3 is 2.71 bits per heavy atom. The van der Waals surface area contributed by atoms with Gasteiger partial charge in [0.2, 0.25) is 0 Å². The maximum atomic E-state index is 13.9. The number of benzene rings is 2. The van der Waals surface area contributed by atoms with Crippen molar-refractivity contribution in [3.63, 3.8) is 0 Å². The number of nitriles is 1. The van der Waals surface area contributed by atoms with Gasteiger partial charge in [0.05, 0.1) is 23.8 Å². The van der Waals surface area contributed by atoms with Crippen molar-refractivity contribution in [1.82, 2.24) is 9.80 Å². The minimum Gasteiger partial charge on any atom is -0.395 e. The minimum absolute atomic E-state index is 0.00608. The molecule has 0 spiro atoms. The van der Waals surface area contributed by atoms with Crippen molar-refractivity contribution in [2.45, 2.75) is 63.2 Å². The molecule has 0 aromatic heterocycles. The number of nitrogens with zero attached hydrogens (tertiary/aromatic N) is 3. The fraction of sp³-hybridized carbons (Fsp3) is 0.562. The van der Waals surface area contributed by atoms with Crippen molar-refractivity contribution in [1.29, 1.82) is 5.26 Å². The molecule has 3 saturated carbocycles. The van der Waals surface area contributed by atoms with Crippen LogP contribution < -0.4 is 5.32 Å². The highest BCUT2D eigenvalue weighted by atomic mass is 19.4. The molecule has 0 bridgehead atoms. The average molecular weight is 585 g/mol. The predicted octanol–water partition coefficient (Wildman–Crippen LogP) is 6.01. The van der Waals surface area contributed by atoms with Crippen LogP contribution in [0.1, 0.15) is 56.2 Å². The molecule has 6 atom stereocenters. The lowest BCUT2D eigenvalue weighted by Crippen LogP contribution is -2.50. The summed E-state index contributed by atoms with van der Waals surface area (Å²) in [4.78, 5) is 17.6. The van der Waals surface area contributed by atoms with E-state index in [1.165, 1.54) is 0 Å². The molecule has 2 aromatic carbocycles. The summed E-state index contributed by atoms with van der Waals surface area (Å²) in [5.74, 6) is -0.132. The van der Waals surface area contributed by atoms with Crippen molar-refractivity contribution >= 4 is 11.7 Å². The second kappa shape index (κ2) is 10.2. The Labute approximate surface area is 243 Å². The summed E-state index contributed by atoms with van der Waals surface area (Å²) in [7, 11) is 0. The number of hydrogen-bond acceptors (Lipinski definition) is 4. The molecule has 4 fully saturated rings. The monoisotopic (exact) mass is 584 g/mol. The SMILES string of the molecule is CC1(C)C2C(CO)N(CCN(C(=O)Nc3ccc(F)c(C(F)(F)F)c3)[C@@H]3CC[C@]4(c5cccc(C#N)c5)CC4C3)C[C@@H]21. The molecule has 2 N–H and O–H groups in total. The van der Waals surface area contributed by atoms with Gasteiger partial charge in [0.1, 0.15) is 5.82 Å². The van der Waals surface area contributed by atoms with Crippen molar-refractivity contribution in [2.24, 2.45) is 23.2 Å². The Balaban J connectivity index is 1.19. The van der Waals surface area contributed by atoms with Gasteiger partial charge in [-0.05, 0) is 90.2 Å². The molecule has 224 valence electrons. The molecule has 1 saturated heterocycles. The minimum atomic E-state index is -4.88. The first-order valence-corrected chi connectivity index (χ1v) is 14.7. The van der Waals surface area contributed by atoms with Gasteiger partial charge in [-0.1, -0.05) is 26.0 Å². The number of likely N-dealkylation sites (tertiary alicyclic amines) is 1. The molecule has 2 aromatic rings. The van der Waals surface area contributed by atoms with E-state index in [2.05, 4.69) is 36.2 Å². The van der Waals surface area contributed by atoms with Crippen LogP contribution in [0.2, 0.25) is 0 Å². The van der Waals surface area contributed by atoms with E-state index < -0.39 is 23.6 Å². The Kier molecular flexibility index (Phi) is 7.05. The Hall–Kier alpha value is -3.16. The first-order valence-electron chi connectivity index (χ1n) is 14.7. The number of aliphatic hydroxyl groups excluding tert-OH is 1. The summed E-state index contributed by atoms with van der Waals surface area (Å²) in [5.41, 5.74) is 0.433. The van der Waals surface area contributed by atoms with Gasteiger partial charge >= 0.3 is 12.2 Å². The molecule has 1 heterocycles. The van der Waals surface area contributed by atoms with Crippen LogP contribution in [-0.2, 0) is 11.6 Å². The largest absolute Gasteiger partial charge is 0.419 e. The van der Waals surface area contributed by atoms with E-state index in [-0.39, 0.29) is 35.2 Å². The Morgan fingerprint density at radius 1 is 1.24 bits per heavy atom. The zero-order chi connectivity index (χ0) is 30.0. The molecule has 4 aliphatic rings. The van der Waals surface area contributed by atoms with Crippen molar-refractivity contribution in [3.05, 3.63) is 65.0 Å². The maximum absolute atomic E-state index is 13.9. The zero-order valence-electron chi connectivity index (χ0n) is 23.8. The summed E-state index contributed by atoms with van der Waals surface area (Å²) in [6, 6.07) is 11.8. The van der Waals surface area contributed by atoms with Crippen LogP contribution in [-0.4, -0.2) is 59.3 Å². The predicted molar refractivity (Wildman–Crippen MR) is 149 cm³/mol. The quantitative estimate of drug-likeness (QED) is 0.391. The molecule has 6 rings (SSSR count). The zero-order valence-corrected chi connectivity index (χ0v) is 23.8. The third-order valence-corrected chi connectivity index (χ3v) is 10.8. The van der Waals surface area contributed by atoms with Gasteiger partial charge < -0.3 is 15.3 Å². The second-order valence-electron chi connectivity index (χ2n) is 13.2. The van der Waals surface area contributed by atoms with Gasteiger partial charge in [0, 0.05) is 37.4 Å². The average Bonchev–Trinajstić information content (AvgIpc) is 3.75. The number of halogens is 4. The molecule has 3 unspecified atom stereocenters. The first-order chi connectivity index (χ1) is 19.9. The topological polar surface area (TPSA) is 79.6 Å². The molecular formula is C32H36F4N4O2. The standard InChI is InChI=1S/C32H36F4N4O2/c1-30(2)25-17-39(27(18-41)28(25)30)10-11-40(29(42)38-22-6-7-26(33)24(14-22)32(34,35)36)23-8-9-31(15-21(31)13-23)20-5-3-4-19(12-20)16-37/h3-7,12,14,21,23,25,27-28,41H,8-11,13,15,17-18H2,1-2H3,(H,38,42)/t21?,23-,25+,27?,28?,31-/m1/s1. The van der Waals surface area contributed by atoms with E-state index in [0.717, 1.165) is 49.9 Å². The molecular weight excluding hydrogens is 548 g/mol. The number of fused-ring (bicyclic) bond motifs is 2. The number of alkyl halides is 3.